The van der Waals surface area contributed by atoms with Gasteiger partial charge in [0.05, 0.1) is 0 Å². The smallest absolute Gasteiger partial charge is 0.253 e. The maximum absolute atomic E-state index is 12.4. The van der Waals surface area contributed by atoms with Crippen LogP contribution in [0.25, 0.3) is 0 Å². The summed E-state index contributed by atoms with van der Waals surface area (Å²) < 4.78 is 0. The van der Waals surface area contributed by atoms with Crippen molar-refractivity contribution >= 4 is 29.0 Å². The predicted molar refractivity (Wildman–Crippen MR) is 84.3 cm³/mol. The van der Waals surface area contributed by atoms with Gasteiger partial charge < -0.3 is 4.90 Å². The van der Waals surface area contributed by atoms with E-state index in [0.717, 1.165) is 30.8 Å². The van der Waals surface area contributed by atoms with Crippen molar-refractivity contribution in [1.29, 1.82) is 0 Å². The van der Waals surface area contributed by atoms with Crippen molar-refractivity contribution in [3.63, 3.8) is 0 Å². The minimum Gasteiger partial charge on any atom is -0.338 e. The van der Waals surface area contributed by atoms with Crippen LogP contribution >= 0.6 is 23.1 Å². The molecule has 3 nitrogen and oxygen atoms in total. The Hall–Kier alpha value is -1.33. The fourth-order valence-electron chi connectivity index (χ4n) is 2.35. The van der Waals surface area contributed by atoms with Gasteiger partial charge in [0.2, 0.25) is 0 Å². The Morgan fingerprint density at radius 3 is 2.85 bits per heavy atom. The summed E-state index contributed by atoms with van der Waals surface area (Å²) in [5.41, 5.74) is 0.736. The second kappa shape index (κ2) is 6.41. The third kappa shape index (κ3) is 3.04. The number of pyridine rings is 1. The lowest BCUT2D eigenvalue weighted by molar-refractivity contribution is 0.0766. The fourth-order valence-corrected chi connectivity index (χ4v) is 4.59. The maximum Gasteiger partial charge on any atom is 0.253 e. The molecule has 104 valence electrons. The number of thiophene rings is 1. The van der Waals surface area contributed by atoms with Crippen LogP contribution in [0.15, 0.2) is 42.0 Å². The summed E-state index contributed by atoms with van der Waals surface area (Å²) >= 11 is 3.77. The van der Waals surface area contributed by atoms with Crippen molar-refractivity contribution < 1.29 is 4.79 Å². The number of thioether (sulfide) groups is 1. The first-order valence-corrected chi connectivity index (χ1v) is 8.62. The van der Waals surface area contributed by atoms with Gasteiger partial charge in [-0.05, 0) is 30.0 Å². The SMILES string of the molecule is O=C(c1ccncc1)N1CCS[C@@H](c2cccs2)CC1. The Balaban J connectivity index is 1.67. The molecule has 1 saturated heterocycles. The lowest BCUT2D eigenvalue weighted by atomic mass is 10.2. The first kappa shape index (κ1) is 13.6. The molecular weight excluding hydrogens is 288 g/mol. The monoisotopic (exact) mass is 304 g/mol. The van der Waals surface area contributed by atoms with Crippen LogP contribution in [-0.2, 0) is 0 Å². The number of rotatable bonds is 2. The van der Waals surface area contributed by atoms with E-state index in [0.29, 0.717) is 5.25 Å². The highest BCUT2D eigenvalue weighted by Gasteiger charge is 2.23. The Morgan fingerprint density at radius 1 is 1.25 bits per heavy atom. The molecule has 20 heavy (non-hydrogen) atoms. The molecule has 0 spiro atoms. The molecular formula is C15H16N2OS2. The quantitative estimate of drug-likeness (QED) is 0.852. The highest BCUT2D eigenvalue weighted by Crippen LogP contribution is 2.36. The zero-order chi connectivity index (χ0) is 13.8. The Labute approximate surface area is 127 Å². The van der Waals surface area contributed by atoms with E-state index in [1.165, 1.54) is 4.88 Å². The normalized spacial score (nSPS) is 19.6. The number of amides is 1. The summed E-state index contributed by atoms with van der Waals surface area (Å²) in [5, 5.41) is 2.66. The first-order chi connectivity index (χ1) is 9.84. The van der Waals surface area contributed by atoms with E-state index < -0.39 is 0 Å². The molecule has 1 fully saturated rings. The molecule has 1 amide bonds. The van der Waals surface area contributed by atoms with E-state index in [9.17, 15) is 4.79 Å². The third-order valence-electron chi connectivity index (χ3n) is 3.42. The van der Waals surface area contributed by atoms with E-state index in [1.54, 1.807) is 24.5 Å². The predicted octanol–water partition coefficient (Wildman–Crippen LogP) is 3.46. The average Bonchev–Trinajstić information content (AvgIpc) is 2.92. The van der Waals surface area contributed by atoms with Crippen molar-refractivity contribution in [1.82, 2.24) is 9.88 Å². The second-order valence-corrected chi connectivity index (χ2v) is 6.98. The van der Waals surface area contributed by atoms with Crippen LogP contribution in [0.5, 0.6) is 0 Å². The highest BCUT2D eigenvalue weighted by atomic mass is 32.2. The minimum atomic E-state index is 0.125. The molecule has 0 aliphatic carbocycles. The standard InChI is InChI=1S/C15H16N2OS2/c18-15(12-3-6-16-7-4-12)17-8-5-14(20-11-9-17)13-2-1-10-19-13/h1-4,6-7,10,14H,5,8-9,11H2/t14-/m1/s1. The third-order valence-corrected chi connectivity index (χ3v) is 5.86. The zero-order valence-corrected chi connectivity index (χ0v) is 12.7. The molecule has 0 radical (unpaired) electrons. The molecule has 0 aromatic carbocycles. The lowest BCUT2D eigenvalue weighted by Gasteiger charge is -2.20. The van der Waals surface area contributed by atoms with Crippen molar-refractivity contribution in [3.8, 4) is 0 Å². The highest BCUT2D eigenvalue weighted by molar-refractivity contribution is 7.99. The van der Waals surface area contributed by atoms with Gasteiger partial charge in [-0.3, -0.25) is 9.78 Å². The van der Waals surface area contributed by atoms with Gasteiger partial charge in [-0.2, -0.15) is 11.8 Å². The van der Waals surface area contributed by atoms with Gasteiger partial charge in [0.1, 0.15) is 0 Å². The van der Waals surface area contributed by atoms with Gasteiger partial charge in [0.25, 0.3) is 5.91 Å². The molecule has 2 aromatic rings. The fraction of sp³-hybridized carbons (Fsp3) is 0.333. The molecule has 1 aliphatic heterocycles. The largest absolute Gasteiger partial charge is 0.338 e. The van der Waals surface area contributed by atoms with Gasteiger partial charge in [0, 0.05) is 46.9 Å². The number of carbonyl (C=O) groups is 1. The Kier molecular flexibility index (Phi) is 4.38. The van der Waals surface area contributed by atoms with Crippen molar-refractivity contribution in [2.24, 2.45) is 0 Å². The van der Waals surface area contributed by atoms with Crippen LogP contribution < -0.4 is 0 Å². The zero-order valence-electron chi connectivity index (χ0n) is 11.1. The molecule has 0 N–H and O–H groups in total. The van der Waals surface area contributed by atoms with Crippen molar-refractivity contribution in [2.75, 3.05) is 18.8 Å². The molecule has 1 atom stereocenters. The van der Waals surface area contributed by atoms with Gasteiger partial charge in [0.15, 0.2) is 0 Å². The summed E-state index contributed by atoms with van der Waals surface area (Å²) in [6.07, 6.45) is 4.38. The second-order valence-electron chi connectivity index (χ2n) is 4.69. The van der Waals surface area contributed by atoms with Crippen LogP contribution in [0.1, 0.15) is 26.9 Å². The molecule has 1 aliphatic rings. The summed E-state index contributed by atoms with van der Waals surface area (Å²) in [6, 6.07) is 7.88. The number of aromatic nitrogens is 1. The minimum absolute atomic E-state index is 0.125. The molecule has 0 saturated carbocycles. The van der Waals surface area contributed by atoms with Crippen LogP contribution in [-0.4, -0.2) is 34.6 Å². The molecule has 3 heterocycles. The first-order valence-electron chi connectivity index (χ1n) is 6.69. The van der Waals surface area contributed by atoms with E-state index in [4.69, 9.17) is 0 Å². The molecule has 3 rings (SSSR count). The van der Waals surface area contributed by atoms with Gasteiger partial charge >= 0.3 is 0 Å². The number of hydrogen-bond acceptors (Lipinski definition) is 4. The summed E-state index contributed by atoms with van der Waals surface area (Å²) in [4.78, 5) is 19.8. The van der Waals surface area contributed by atoms with Crippen molar-refractivity contribution in [2.45, 2.75) is 11.7 Å². The van der Waals surface area contributed by atoms with E-state index in [1.807, 2.05) is 28.0 Å². The summed E-state index contributed by atoms with van der Waals surface area (Å²) in [7, 11) is 0. The Morgan fingerprint density at radius 2 is 2.10 bits per heavy atom. The average molecular weight is 304 g/mol. The molecule has 2 aromatic heterocycles. The number of nitrogens with zero attached hydrogens (tertiary/aromatic N) is 2. The number of carbonyl (C=O) groups excluding carboxylic acids is 1. The van der Waals surface area contributed by atoms with Crippen LogP contribution in [0.2, 0.25) is 0 Å². The summed E-state index contributed by atoms with van der Waals surface area (Å²) in [5.74, 6) is 1.12. The van der Waals surface area contributed by atoms with Gasteiger partial charge in [-0.25, -0.2) is 0 Å². The Bertz CT molecular complexity index is 557. The lowest BCUT2D eigenvalue weighted by Crippen LogP contribution is -2.32. The van der Waals surface area contributed by atoms with Crippen LogP contribution in [0.4, 0.5) is 0 Å². The maximum atomic E-state index is 12.4. The van der Waals surface area contributed by atoms with Gasteiger partial charge in [-0.15, -0.1) is 11.3 Å². The van der Waals surface area contributed by atoms with Crippen molar-refractivity contribution in [3.05, 3.63) is 52.5 Å². The molecule has 5 heteroatoms. The van der Waals surface area contributed by atoms with Gasteiger partial charge in [-0.1, -0.05) is 6.07 Å². The topological polar surface area (TPSA) is 33.2 Å². The van der Waals surface area contributed by atoms with E-state index in [2.05, 4.69) is 22.5 Å². The van der Waals surface area contributed by atoms with Crippen LogP contribution in [0.3, 0.4) is 0 Å². The summed E-state index contributed by atoms with van der Waals surface area (Å²) in [6.45, 7) is 1.66. The molecule has 0 unspecified atom stereocenters. The molecule has 0 bridgehead atoms. The van der Waals surface area contributed by atoms with E-state index >= 15 is 0 Å². The van der Waals surface area contributed by atoms with Crippen LogP contribution in [0, 0.1) is 0 Å². The number of hydrogen-bond donors (Lipinski definition) is 0. The van der Waals surface area contributed by atoms with E-state index in [-0.39, 0.29) is 5.91 Å².